The lowest BCUT2D eigenvalue weighted by molar-refractivity contribution is -0.384. The Morgan fingerprint density at radius 1 is 1.40 bits per heavy atom. The molecular formula is C18H25N3O4. The number of nitro benzene ring substituents is 1. The summed E-state index contributed by atoms with van der Waals surface area (Å²) in [5.41, 5.74) is -0.285. The molecule has 1 aromatic carbocycles. The average molecular weight is 347 g/mol. The zero-order valence-corrected chi connectivity index (χ0v) is 14.9. The van der Waals surface area contributed by atoms with Crippen molar-refractivity contribution in [2.45, 2.75) is 51.2 Å². The number of nitro groups is 1. The van der Waals surface area contributed by atoms with Crippen LogP contribution in [0.1, 0.15) is 40.0 Å². The van der Waals surface area contributed by atoms with Crippen molar-refractivity contribution >= 4 is 17.5 Å². The molecular weight excluding hydrogens is 322 g/mol. The lowest BCUT2D eigenvalue weighted by Gasteiger charge is -2.41. The van der Waals surface area contributed by atoms with Crippen LogP contribution in [0, 0.1) is 16.0 Å². The number of fused-ring (bicyclic) bond motifs is 2. The normalized spacial score (nSPS) is 25.6. The molecule has 1 heterocycles. The molecule has 1 aliphatic heterocycles. The first kappa shape index (κ1) is 17.5. The molecule has 2 bridgehead atoms. The van der Waals surface area contributed by atoms with Crippen LogP contribution < -0.4 is 5.32 Å². The Morgan fingerprint density at radius 3 is 2.80 bits per heavy atom. The molecule has 2 aliphatic rings. The second-order valence-corrected chi connectivity index (χ2v) is 8.15. The molecule has 1 aliphatic carbocycles. The Kier molecular flexibility index (Phi) is 4.34. The summed E-state index contributed by atoms with van der Waals surface area (Å²) in [7, 11) is 0. The van der Waals surface area contributed by atoms with E-state index in [1.807, 2.05) is 20.8 Å². The van der Waals surface area contributed by atoms with Crippen LogP contribution in [-0.4, -0.2) is 40.1 Å². The highest BCUT2D eigenvalue weighted by molar-refractivity contribution is 5.69. The van der Waals surface area contributed by atoms with Gasteiger partial charge in [-0.25, -0.2) is 4.79 Å². The van der Waals surface area contributed by atoms with Gasteiger partial charge in [-0.15, -0.1) is 0 Å². The molecule has 0 aromatic heterocycles. The predicted octanol–water partition coefficient (Wildman–Crippen LogP) is 3.80. The zero-order valence-electron chi connectivity index (χ0n) is 14.9. The predicted molar refractivity (Wildman–Crippen MR) is 94.6 cm³/mol. The Labute approximate surface area is 147 Å². The first-order chi connectivity index (χ1) is 11.7. The third-order valence-corrected chi connectivity index (χ3v) is 4.83. The van der Waals surface area contributed by atoms with Crippen molar-refractivity contribution in [2.24, 2.45) is 5.92 Å². The van der Waals surface area contributed by atoms with Gasteiger partial charge in [0.05, 0.1) is 10.5 Å². The third kappa shape index (κ3) is 3.86. The summed E-state index contributed by atoms with van der Waals surface area (Å²) in [6.45, 7) is 6.75. The molecule has 2 unspecified atom stereocenters. The molecule has 1 amide bonds. The number of nitrogens with zero attached hydrogens (tertiary/aromatic N) is 2. The second kappa shape index (κ2) is 6.20. The first-order valence-electron chi connectivity index (χ1n) is 8.67. The lowest BCUT2D eigenvalue weighted by Crippen LogP contribution is -2.54. The van der Waals surface area contributed by atoms with Crippen molar-refractivity contribution in [3.8, 4) is 0 Å². The van der Waals surface area contributed by atoms with E-state index in [1.54, 1.807) is 23.1 Å². The van der Waals surface area contributed by atoms with Crippen LogP contribution in [0.4, 0.5) is 16.2 Å². The molecule has 1 aromatic rings. The average Bonchev–Trinajstić information content (AvgIpc) is 2.80. The van der Waals surface area contributed by atoms with E-state index < -0.39 is 5.60 Å². The molecule has 0 spiro atoms. The molecule has 25 heavy (non-hydrogen) atoms. The molecule has 7 heteroatoms. The quantitative estimate of drug-likeness (QED) is 0.664. The SMILES string of the molecule is CC(C)(C)OC(=O)N1CC2CCC(Nc3ccccc3[N+](=O)[O-])(C2)C1. The molecule has 2 atom stereocenters. The number of piperidine rings is 1. The number of hydrogen-bond acceptors (Lipinski definition) is 5. The van der Waals surface area contributed by atoms with Gasteiger partial charge in [0.1, 0.15) is 11.3 Å². The summed E-state index contributed by atoms with van der Waals surface area (Å²) in [5, 5.41) is 14.7. The summed E-state index contributed by atoms with van der Waals surface area (Å²) >= 11 is 0. The van der Waals surface area contributed by atoms with E-state index in [-0.39, 0.29) is 22.2 Å². The van der Waals surface area contributed by atoms with Gasteiger partial charge in [-0.05, 0) is 52.0 Å². The van der Waals surface area contributed by atoms with Gasteiger partial charge in [-0.1, -0.05) is 12.1 Å². The summed E-state index contributed by atoms with van der Waals surface area (Å²) < 4.78 is 5.51. The highest BCUT2D eigenvalue weighted by Gasteiger charge is 2.47. The van der Waals surface area contributed by atoms with Crippen LogP contribution in [0.25, 0.3) is 0 Å². The molecule has 3 rings (SSSR count). The number of carbonyl (C=O) groups is 1. The largest absolute Gasteiger partial charge is 0.444 e. The van der Waals surface area contributed by atoms with Gasteiger partial charge in [0.15, 0.2) is 0 Å². The zero-order chi connectivity index (χ0) is 18.2. The number of para-hydroxylation sites is 2. The van der Waals surface area contributed by atoms with E-state index >= 15 is 0 Å². The fourth-order valence-corrected chi connectivity index (χ4v) is 3.92. The number of ether oxygens (including phenoxy) is 1. The van der Waals surface area contributed by atoms with Crippen LogP contribution in [0.3, 0.4) is 0 Å². The van der Waals surface area contributed by atoms with Crippen LogP contribution >= 0.6 is 0 Å². The van der Waals surface area contributed by atoms with E-state index in [9.17, 15) is 14.9 Å². The topological polar surface area (TPSA) is 84.7 Å². The lowest BCUT2D eigenvalue weighted by atomic mass is 9.90. The van der Waals surface area contributed by atoms with Crippen molar-refractivity contribution in [3.63, 3.8) is 0 Å². The van der Waals surface area contributed by atoms with Crippen molar-refractivity contribution in [3.05, 3.63) is 34.4 Å². The van der Waals surface area contributed by atoms with Crippen LogP contribution in [-0.2, 0) is 4.74 Å². The Hall–Kier alpha value is -2.31. The Bertz CT molecular complexity index is 685. The van der Waals surface area contributed by atoms with E-state index in [2.05, 4.69) is 5.32 Å². The molecule has 1 N–H and O–H groups in total. The number of amides is 1. The van der Waals surface area contributed by atoms with Gasteiger partial charge in [0, 0.05) is 19.2 Å². The minimum absolute atomic E-state index is 0.0646. The molecule has 0 radical (unpaired) electrons. The maximum absolute atomic E-state index is 12.5. The van der Waals surface area contributed by atoms with Gasteiger partial charge in [-0.3, -0.25) is 10.1 Å². The number of anilines is 1. The van der Waals surface area contributed by atoms with E-state index in [1.165, 1.54) is 6.07 Å². The van der Waals surface area contributed by atoms with E-state index in [0.29, 0.717) is 24.7 Å². The van der Waals surface area contributed by atoms with E-state index in [4.69, 9.17) is 4.74 Å². The number of likely N-dealkylation sites (tertiary alicyclic amines) is 1. The third-order valence-electron chi connectivity index (χ3n) is 4.83. The standard InChI is InChI=1S/C18H25N3O4/c1-17(2,3)25-16(22)20-11-13-8-9-18(10-13,12-20)19-14-6-4-5-7-15(14)21(23)24/h4-7,13,19H,8-12H2,1-3H3. The van der Waals surface area contributed by atoms with Gasteiger partial charge in [0.25, 0.3) is 5.69 Å². The number of carbonyl (C=O) groups excluding carboxylic acids is 1. The van der Waals surface area contributed by atoms with Gasteiger partial charge < -0.3 is 15.0 Å². The summed E-state index contributed by atoms with van der Waals surface area (Å²) in [4.78, 5) is 25.1. The number of benzene rings is 1. The maximum atomic E-state index is 12.5. The van der Waals surface area contributed by atoms with Gasteiger partial charge >= 0.3 is 6.09 Å². The van der Waals surface area contributed by atoms with Crippen molar-refractivity contribution in [1.82, 2.24) is 4.90 Å². The summed E-state index contributed by atoms with van der Waals surface area (Å²) in [5.74, 6) is 0.400. The highest BCUT2D eigenvalue weighted by Crippen LogP contribution is 2.43. The number of rotatable bonds is 3. The second-order valence-electron chi connectivity index (χ2n) is 8.15. The van der Waals surface area contributed by atoms with Gasteiger partial charge in [-0.2, -0.15) is 0 Å². The van der Waals surface area contributed by atoms with Gasteiger partial charge in [0.2, 0.25) is 0 Å². The van der Waals surface area contributed by atoms with Crippen LogP contribution in [0.2, 0.25) is 0 Å². The van der Waals surface area contributed by atoms with Crippen LogP contribution in [0.5, 0.6) is 0 Å². The first-order valence-corrected chi connectivity index (χ1v) is 8.67. The van der Waals surface area contributed by atoms with Crippen molar-refractivity contribution in [1.29, 1.82) is 0 Å². The summed E-state index contributed by atoms with van der Waals surface area (Å²) in [6.07, 6.45) is 2.50. The molecule has 1 saturated heterocycles. The smallest absolute Gasteiger partial charge is 0.410 e. The molecule has 136 valence electrons. The summed E-state index contributed by atoms with van der Waals surface area (Å²) in [6, 6.07) is 6.67. The fraction of sp³-hybridized carbons (Fsp3) is 0.611. The number of nitrogens with one attached hydrogen (secondary N) is 1. The highest BCUT2D eigenvalue weighted by atomic mass is 16.6. The minimum Gasteiger partial charge on any atom is -0.444 e. The minimum atomic E-state index is -0.535. The maximum Gasteiger partial charge on any atom is 0.410 e. The Morgan fingerprint density at radius 2 is 2.12 bits per heavy atom. The monoisotopic (exact) mass is 347 g/mol. The Balaban J connectivity index is 1.79. The van der Waals surface area contributed by atoms with Crippen molar-refractivity contribution in [2.75, 3.05) is 18.4 Å². The van der Waals surface area contributed by atoms with Crippen LogP contribution in [0.15, 0.2) is 24.3 Å². The van der Waals surface area contributed by atoms with Crippen molar-refractivity contribution < 1.29 is 14.5 Å². The fourth-order valence-electron chi connectivity index (χ4n) is 3.92. The molecule has 1 saturated carbocycles. The molecule has 2 fully saturated rings. The van der Waals surface area contributed by atoms with E-state index in [0.717, 1.165) is 19.3 Å². The molecule has 7 nitrogen and oxygen atoms in total. The number of hydrogen-bond donors (Lipinski definition) is 1.